The van der Waals surface area contributed by atoms with E-state index < -0.39 is 29.6 Å². The summed E-state index contributed by atoms with van der Waals surface area (Å²) in [6.45, 7) is 0.290. The average molecular weight is 411 g/mol. The monoisotopic (exact) mass is 411 g/mol. The normalized spacial score (nSPS) is 17.9. The first-order valence-electron chi connectivity index (χ1n) is 9.26. The van der Waals surface area contributed by atoms with Crippen molar-refractivity contribution in [3.63, 3.8) is 0 Å². The van der Waals surface area contributed by atoms with Gasteiger partial charge in [-0.1, -0.05) is 0 Å². The van der Waals surface area contributed by atoms with Gasteiger partial charge in [0.25, 0.3) is 5.91 Å². The van der Waals surface area contributed by atoms with Crippen LogP contribution in [0.4, 0.5) is 20.2 Å². The third kappa shape index (κ3) is 4.33. The van der Waals surface area contributed by atoms with Crippen molar-refractivity contribution in [2.24, 2.45) is 0 Å². The number of amides is 1. The number of hydrogen-bond donors (Lipinski definition) is 3. The topological polar surface area (TPSA) is 102 Å². The van der Waals surface area contributed by atoms with Gasteiger partial charge in [0.2, 0.25) is 0 Å². The SMILES string of the molecule is COC(=O)C1=C(Nc2cc(F)c(N3CCC(O)CC3)c(F)c2)C(=O)N(CCO)C1. The maximum atomic E-state index is 14.7. The zero-order chi connectivity index (χ0) is 21.1. The molecule has 1 amide bonds. The maximum Gasteiger partial charge on any atom is 0.337 e. The summed E-state index contributed by atoms with van der Waals surface area (Å²) in [4.78, 5) is 27.3. The van der Waals surface area contributed by atoms with E-state index in [1.807, 2.05) is 0 Å². The summed E-state index contributed by atoms with van der Waals surface area (Å²) < 4.78 is 34.0. The summed E-state index contributed by atoms with van der Waals surface area (Å²) in [6.07, 6.45) is 0.365. The van der Waals surface area contributed by atoms with Gasteiger partial charge in [0.05, 0.1) is 31.9 Å². The van der Waals surface area contributed by atoms with Gasteiger partial charge in [0.15, 0.2) is 11.6 Å². The number of esters is 1. The van der Waals surface area contributed by atoms with Crippen LogP contribution in [0.1, 0.15) is 12.8 Å². The Bertz CT molecular complexity index is 814. The van der Waals surface area contributed by atoms with Crippen molar-refractivity contribution in [1.82, 2.24) is 4.90 Å². The van der Waals surface area contributed by atoms with Crippen LogP contribution < -0.4 is 10.2 Å². The molecule has 1 saturated heterocycles. The second-order valence-corrected chi connectivity index (χ2v) is 6.93. The van der Waals surface area contributed by atoms with Crippen LogP contribution in [0.25, 0.3) is 0 Å². The van der Waals surface area contributed by atoms with Crippen LogP contribution in [-0.4, -0.2) is 73.0 Å². The number of anilines is 2. The molecule has 1 fully saturated rings. The van der Waals surface area contributed by atoms with E-state index in [1.54, 1.807) is 0 Å². The quantitative estimate of drug-likeness (QED) is 0.589. The van der Waals surface area contributed by atoms with Crippen molar-refractivity contribution in [2.75, 3.05) is 50.1 Å². The molecular formula is C19H23F2N3O5. The molecule has 0 radical (unpaired) electrons. The van der Waals surface area contributed by atoms with Crippen LogP contribution in [0.5, 0.6) is 0 Å². The van der Waals surface area contributed by atoms with Gasteiger partial charge in [-0.3, -0.25) is 4.79 Å². The number of carbonyl (C=O) groups is 2. The van der Waals surface area contributed by atoms with Crippen LogP contribution in [-0.2, 0) is 14.3 Å². The van der Waals surface area contributed by atoms with E-state index in [4.69, 9.17) is 5.11 Å². The number of rotatable bonds is 6. The number of hydrogen-bond acceptors (Lipinski definition) is 7. The smallest absolute Gasteiger partial charge is 0.337 e. The van der Waals surface area contributed by atoms with Crippen LogP contribution >= 0.6 is 0 Å². The average Bonchev–Trinajstić information content (AvgIpc) is 2.98. The van der Waals surface area contributed by atoms with Crippen molar-refractivity contribution in [3.05, 3.63) is 35.0 Å². The highest BCUT2D eigenvalue weighted by Crippen LogP contribution is 2.31. The molecule has 3 N–H and O–H groups in total. The van der Waals surface area contributed by atoms with Gasteiger partial charge in [-0.2, -0.15) is 0 Å². The lowest BCUT2D eigenvalue weighted by molar-refractivity contribution is -0.136. The molecule has 0 unspecified atom stereocenters. The second kappa shape index (κ2) is 8.75. The standard InChI is InChI=1S/C19H23F2N3O5/c1-29-19(28)13-10-24(6-7-25)18(27)16(13)22-11-8-14(20)17(15(21)9-11)23-4-2-12(26)3-5-23/h8-9,12,22,25-26H,2-7,10H2,1H3. The highest BCUT2D eigenvalue weighted by atomic mass is 19.1. The molecule has 0 spiro atoms. The predicted octanol–water partition coefficient (Wildman–Crippen LogP) is 0.599. The van der Waals surface area contributed by atoms with E-state index in [1.165, 1.54) is 9.80 Å². The Morgan fingerprint density at radius 2 is 1.90 bits per heavy atom. The number of β-amino-alcohol motifs (C(OH)–C–C–N with tert-alkyl or cyclic N) is 1. The van der Waals surface area contributed by atoms with Crippen LogP contribution in [0.15, 0.2) is 23.4 Å². The number of methoxy groups -OCH3 is 1. The first-order valence-corrected chi connectivity index (χ1v) is 9.26. The molecule has 3 rings (SSSR count). The van der Waals surface area contributed by atoms with E-state index in [9.17, 15) is 23.5 Å². The maximum absolute atomic E-state index is 14.7. The Morgan fingerprint density at radius 1 is 1.28 bits per heavy atom. The summed E-state index contributed by atoms with van der Waals surface area (Å²) >= 11 is 0. The molecule has 1 aromatic carbocycles. The van der Waals surface area contributed by atoms with E-state index in [-0.39, 0.29) is 42.3 Å². The van der Waals surface area contributed by atoms with Gasteiger partial charge < -0.3 is 30.1 Å². The van der Waals surface area contributed by atoms with Crippen molar-refractivity contribution in [3.8, 4) is 0 Å². The van der Waals surface area contributed by atoms with Gasteiger partial charge >= 0.3 is 5.97 Å². The molecule has 0 atom stereocenters. The summed E-state index contributed by atoms with van der Waals surface area (Å²) in [5, 5.41) is 21.3. The van der Waals surface area contributed by atoms with Gasteiger partial charge in [-0.25, -0.2) is 13.6 Å². The lowest BCUT2D eigenvalue weighted by Crippen LogP contribution is -2.36. The number of carbonyl (C=O) groups excluding carboxylic acids is 2. The fraction of sp³-hybridized carbons (Fsp3) is 0.474. The lowest BCUT2D eigenvalue weighted by atomic mass is 10.1. The first kappa shape index (κ1) is 21.0. The molecule has 2 aliphatic rings. The molecule has 0 saturated carbocycles. The molecule has 2 aliphatic heterocycles. The van der Waals surface area contributed by atoms with E-state index >= 15 is 0 Å². The molecule has 1 aromatic rings. The molecule has 29 heavy (non-hydrogen) atoms. The third-order valence-corrected chi connectivity index (χ3v) is 5.02. The predicted molar refractivity (Wildman–Crippen MR) is 100 cm³/mol. The second-order valence-electron chi connectivity index (χ2n) is 6.93. The zero-order valence-electron chi connectivity index (χ0n) is 16.0. The third-order valence-electron chi connectivity index (χ3n) is 5.02. The minimum Gasteiger partial charge on any atom is -0.466 e. The number of ether oxygens (including phenoxy) is 1. The Balaban J connectivity index is 1.87. The Morgan fingerprint density at radius 3 is 2.45 bits per heavy atom. The van der Waals surface area contributed by atoms with Gasteiger partial charge in [0, 0.05) is 25.3 Å². The molecule has 0 aromatic heterocycles. The Labute approximate surface area is 166 Å². The summed E-state index contributed by atoms with van der Waals surface area (Å²) in [5.74, 6) is -2.95. The number of nitrogens with one attached hydrogen (secondary N) is 1. The van der Waals surface area contributed by atoms with Gasteiger partial charge in [-0.05, 0) is 25.0 Å². The van der Waals surface area contributed by atoms with Crippen molar-refractivity contribution < 1.29 is 33.3 Å². The molecule has 8 nitrogen and oxygen atoms in total. The van der Waals surface area contributed by atoms with Gasteiger partial charge in [0.1, 0.15) is 11.4 Å². The molecule has 2 heterocycles. The van der Waals surface area contributed by atoms with Crippen LogP contribution in [0, 0.1) is 11.6 Å². The van der Waals surface area contributed by atoms with Crippen molar-refractivity contribution in [1.29, 1.82) is 0 Å². The number of piperidine rings is 1. The van der Waals surface area contributed by atoms with E-state index in [0.29, 0.717) is 25.9 Å². The fourth-order valence-corrected chi connectivity index (χ4v) is 3.52. The molecule has 0 bridgehead atoms. The number of aliphatic hydroxyl groups excluding tert-OH is 2. The van der Waals surface area contributed by atoms with E-state index in [0.717, 1.165) is 19.2 Å². The number of nitrogens with zero attached hydrogens (tertiary/aromatic N) is 2. The molecular weight excluding hydrogens is 388 g/mol. The fourth-order valence-electron chi connectivity index (χ4n) is 3.52. The molecule has 0 aliphatic carbocycles. The molecule has 10 heteroatoms. The lowest BCUT2D eigenvalue weighted by Gasteiger charge is -2.32. The highest BCUT2D eigenvalue weighted by molar-refractivity contribution is 6.08. The van der Waals surface area contributed by atoms with Crippen molar-refractivity contribution in [2.45, 2.75) is 18.9 Å². The summed E-state index contributed by atoms with van der Waals surface area (Å²) in [6, 6.07) is 2.10. The van der Waals surface area contributed by atoms with Crippen LogP contribution in [0.2, 0.25) is 0 Å². The minimum atomic E-state index is -0.818. The van der Waals surface area contributed by atoms with Crippen molar-refractivity contribution >= 4 is 23.3 Å². The first-order chi connectivity index (χ1) is 13.8. The van der Waals surface area contributed by atoms with Gasteiger partial charge in [-0.15, -0.1) is 0 Å². The largest absolute Gasteiger partial charge is 0.466 e. The Kier molecular flexibility index (Phi) is 6.33. The Hall–Kier alpha value is -2.72. The van der Waals surface area contributed by atoms with E-state index in [2.05, 4.69) is 10.1 Å². The van der Waals surface area contributed by atoms with Crippen LogP contribution in [0.3, 0.4) is 0 Å². The number of halogens is 2. The summed E-state index contributed by atoms with van der Waals surface area (Å²) in [7, 11) is 1.16. The minimum absolute atomic E-state index is 0.00692. The highest BCUT2D eigenvalue weighted by Gasteiger charge is 2.34. The molecule has 158 valence electrons. The number of benzene rings is 1. The zero-order valence-corrected chi connectivity index (χ0v) is 16.0. The number of aliphatic hydroxyl groups is 2. The summed E-state index contributed by atoms with van der Waals surface area (Å²) in [5.41, 5.74) is -0.348.